The summed E-state index contributed by atoms with van der Waals surface area (Å²) in [6.45, 7) is 1.85. The van der Waals surface area contributed by atoms with Crippen LogP contribution in [0.5, 0.6) is 0 Å². The number of rotatable bonds is 1. The van der Waals surface area contributed by atoms with Crippen molar-refractivity contribution >= 4 is 0 Å². The van der Waals surface area contributed by atoms with Gasteiger partial charge in [0.2, 0.25) is 0 Å². The average Bonchev–Trinajstić information content (AvgIpc) is 2.55. The zero-order chi connectivity index (χ0) is 7.68. The molecule has 0 saturated carbocycles. The molecule has 0 amide bonds. The molecule has 2 heterocycles. The van der Waals surface area contributed by atoms with Crippen LogP contribution >= 0.6 is 0 Å². The van der Waals surface area contributed by atoms with Crippen molar-refractivity contribution in [2.24, 2.45) is 0 Å². The van der Waals surface area contributed by atoms with Crippen LogP contribution in [0.2, 0.25) is 0 Å². The highest BCUT2D eigenvalue weighted by Gasteiger charge is 2.02. The summed E-state index contributed by atoms with van der Waals surface area (Å²) < 4.78 is 0. The Kier molecular flexibility index (Phi) is 1.21. The van der Waals surface area contributed by atoms with Crippen molar-refractivity contribution in [3.05, 3.63) is 18.1 Å². The second-order valence-electron chi connectivity index (χ2n) is 2.21. The van der Waals surface area contributed by atoms with Crippen LogP contribution in [0.25, 0.3) is 11.5 Å². The molecule has 0 unspecified atom stereocenters. The van der Waals surface area contributed by atoms with Crippen molar-refractivity contribution in [3.8, 4) is 11.5 Å². The van der Waals surface area contributed by atoms with Gasteiger partial charge in [-0.1, -0.05) is 0 Å². The summed E-state index contributed by atoms with van der Waals surface area (Å²) in [7, 11) is 0. The number of aromatic nitrogens is 5. The van der Waals surface area contributed by atoms with Gasteiger partial charge in [-0.2, -0.15) is 10.2 Å². The molecule has 0 saturated heterocycles. The molecule has 2 rings (SSSR count). The van der Waals surface area contributed by atoms with Crippen LogP contribution in [0.15, 0.2) is 12.3 Å². The highest BCUT2D eigenvalue weighted by Crippen LogP contribution is 2.08. The minimum absolute atomic E-state index is 0.653. The zero-order valence-corrected chi connectivity index (χ0v) is 6.00. The van der Waals surface area contributed by atoms with Gasteiger partial charge in [-0.15, -0.1) is 0 Å². The van der Waals surface area contributed by atoms with Gasteiger partial charge in [-0.05, 0) is 13.0 Å². The molecule has 0 aliphatic carbocycles. The van der Waals surface area contributed by atoms with E-state index in [9.17, 15) is 0 Å². The number of hydrogen-bond acceptors (Lipinski definition) is 3. The Morgan fingerprint density at radius 1 is 1.36 bits per heavy atom. The van der Waals surface area contributed by atoms with Gasteiger partial charge in [-0.3, -0.25) is 10.2 Å². The van der Waals surface area contributed by atoms with Crippen molar-refractivity contribution in [3.63, 3.8) is 0 Å². The van der Waals surface area contributed by atoms with E-state index in [4.69, 9.17) is 0 Å². The van der Waals surface area contributed by atoms with Crippen LogP contribution in [-0.2, 0) is 0 Å². The summed E-state index contributed by atoms with van der Waals surface area (Å²) in [5.41, 5.74) is 0.828. The molecule has 5 heteroatoms. The normalized spacial score (nSPS) is 10.3. The summed E-state index contributed by atoms with van der Waals surface area (Å²) in [5, 5.41) is 13.3. The maximum Gasteiger partial charge on any atom is 0.199 e. The van der Waals surface area contributed by atoms with Crippen LogP contribution in [0.3, 0.4) is 0 Å². The molecule has 0 fully saturated rings. The Balaban J connectivity index is 2.45. The third kappa shape index (κ3) is 1.000. The standard InChI is InChI=1S/C6H7N5/c1-4-8-6(11-9-4)5-2-3-7-10-5/h2-3H,1H3,(H,7,10)(H,8,9,11). The largest absolute Gasteiger partial charge is 0.275 e. The number of H-pyrrole nitrogens is 2. The maximum absolute atomic E-state index is 4.12. The number of aromatic amines is 2. The first-order valence-corrected chi connectivity index (χ1v) is 3.25. The predicted octanol–water partition coefficient (Wildman–Crippen LogP) is 0.503. The van der Waals surface area contributed by atoms with Gasteiger partial charge in [0.25, 0.3) is 0 Å². The molecule has 0 aliphatic rings. The third-order valence-electron chi connectivity index (χ3n) is 1.34. The van der Waals surface area contributed by atoms with Gasteiger partial charge in [0.15, 0.2) is 5.82 Å². The molecule has 2 aromatic heterocycles. The first kappa shape index (κ1) is 6.09. The lowest BCUT2D eigenvalue weighted by Gasteiger charge is -1.82. The van der Waals surface area contributed by atoms with Crippen LogP contribution in [0.4, 0.5) is 0 Å². The van der Waals surface area contributed by atoms with Crippen LogP contribution in [0.1, 0.15) is 5.82 Å². The number of nitrogens with one attached hydrogen (secondary N) is 2. The molecule has 0 bridgehead atoms. The van der Waals surface area contributed by atoms with E-state index >= 15 is 0 Å². The van der Waals surface area contributed by atoms with E-state index < -0.39 is 0 Å². The van der Waals surface area contributed by atoms with Crippen molar-refractivity contribution in [2.45, 2.75) is 6.92 Å². The number of hydrogen-bond donors (Lipinski definition) is 2. The lowest BCUT2D eigenvalue weighted by Crippen LogP contribution is -1.80. The van der Waals surface area contributed by atoms with E-state index in [1.807, 2.05) is 13.0 Å². The fraction of sp³-hybridized carbons (Fsp3) is 0.167. The number of nitrogens with zero attached hydrogens (tertiary/aromatic N) is 3. The Morgan fingerprint density at radius 2 is 2.27 bits per heavy atom. The van der Waals surface area contributed by atoms with Crippen molar-refractivity contribution in [1.29, 1.82) is 0 Å². The topological polar surface area (TPSA) is 70.2 Å². The molecule has 0 spiro atoms. The SMILES string of the molecule is Cc1nc(-c2ccn[nH]2)n[nH]1. The quantitative estimate of drug-likeness (QED) is 0.620. The Bertz CT molecular complexity index is 333. The molecular formula is C6H7N5. The van der Waals surface area contributed by atoms with Crippen LogP contribution in [0, 0.1) is 6.92 Å². The van der Waals surface area contributed by atoms with Gasteiger partial charge >= 0.3 is 0 Å². The summed E-state index contributed by atoms with van der Waals surface area (Å²) in [6.07, 6.45) is 1.67. The second kappa shape index (κ2) is 2.19. The van der Waals surface area contributed by atoms with Crippen molar-refractivity contribution in [1.82, 2.24) is 25.4 Å². The second-order valence-corrected chi connectivity index (χ2v) is 2.21. The summed E-state index contributed by atoms with van der Waals surface area (Å²) in [5.74, 6) is 1.45. The maximum atomic E-state index is 4.12. The monoisotopic (exact) mass is 149 g/mol. The van der Waals surface area contributed by atoms with Gasteiger partial charge in [0.1, 0.15) is 11.5 Å². The van der Waals surface area contributed by atoms with Crippen molar-refractivity contribution < 1.29 is 0 Å². The Hall–Kier alpha value is -1.65. The molecule has 0 aromatic carbocycles. The van der Waals surface area contributed by atoms with E-state index in [1.54, 1.807) is 6.20 Å². The van der Waals surface area contributed by atoms with E-state index in [0.717, 1.165) is 11.5 Å². The fourth-order valence-electron chi connectivity index (χ4n) is 0.844. The Labute approximate surface area is 62.9 Å². The van der Waals surface area contributed by atoms with E-state index in [0.29, 0.717) is 5.82 Å². The van der Waals surface area contributed by atoms with Gasteiger partial charge in [0.05, 0.1) is 0 Å². The average molecular weight is 149 g/mol. The molecule has 2 aromatic rings. The minimum atomic E-state index is 0.653. The molecule has 11 heavy (non-hydrogen) atoms. The van der Waals surface area contributed by atoms with E-state index in [2.05, 4.69) is 25.4 Å². The molecule has 2 N–H and O–H groups in total. The molecule has 5 nitrogen and oxygen atoms in total. The van der Waals surface area contributed by atoms with E-state index in [1.165, 1.54) is 0 Å². The molecule has 0 atom stereocenters. The predicted molar refractivity (Wildman–Crippen MR) is 38.7 cm³/mol. The van der Waals surface area contributed by atoms with E-state index in [-0.39, 0.29) is 0 Å². The Morgan fingerprint density at radius 3 is 2.82 bits per heavy atom. The number of aryl methyl sites for hydroxylation is 1. The van der Waals surface area contributed by atoms with Crippen LogP contribution in [-0.4, -0.2) is 25.4 Å². The van der Waals surface area contributed by atoms with Crippen molar-refractivity contribution in [2.75, 3.05) is 0 Å². The summed E-state index contributed by atoms with van der Waals surface area (Å²) in [4.78, 5) is 4.12. The minimum Gasteiger partial charge on any atom is -0.275 e. The lowest BCUT2D eigenvalue weighted by atomic mass is 10.4. The summed E-state index contributed by atoms with van der Waals surface area (Å²) >= 11 is 0. The van der Waals surface area contributed by atoms with Gasteiger partial charge in [0, 0.05) is 6.20 Å². The third-order valence-corrected chi connectivity index (χ3v) is 1.34. The molecule has 56 valence electrons. The zero-order valence-electron chi connectivity index (χ0n) is 6.00. The lowest BCUT2D eigenvalue weighted by molar-refractivity contribution is 1.03. The smallest absolute Gasteiger partial charge is 0.199 e. The highest BCUT2D eigenvalue weighted by atomic mass is 15.2. The molecule has 0 radical (unpaired) electrons. The summed E-state index contributed by atoms with van der Waals surface area (Å²) in [6, 6.07) is 1.82. The van der Waals surface area contributed by atoms with Gasteiger partial charge < -0.3 is 0 Å². The van der Waals surface area contributed by atoms with Crippen LogP contribution < -0.4 is 0 Å². The van der Waals surface area contributed by atoms with Gasteiger partial charge in [-0.25, -0.2) is 4.98 Å². The first-order valence-electron chi connectivity index (χ1n) is 3.25. The highest BCUT2D eigenvalue weighted by molar-refractivity contribution is 5.46. The molecular weight excluding hydrogens is 142 g/mol. The molecule has 0 aliphatic heterocycles. The first-order chi connectivity index (χ1) is 5.36. The fourth-order valence-corrected chi connectivity index (χ4v) is 0.844.